The molecule has 25 heavy (non-hydrogen) atoms. The smallest absolute Gasteiger partial charge is 0.266 e. The summed E-state index contributed by atoms with van der Waals surface area (Å²) in [6.45, 7) is 0. The first kappa shape index (κ1) is 15.4. The summed E-state index contributed by atoms with van der Waals surface area (Å²) < 4.78 is 6.11. The molecule has 0 spiro atoms. The average molecular weight is 347 g/mol. The van der Waals surface area contributed by atoms with Gasteiger partial charge in [-0.05, 0) is 40.6 Å². The lowest BCUT2D eigenvalue weighted by atomic mass is 10.1. The second-order valence-corrected chi connectivity index (χ2v) is 6.61. The molecule has 0 atom stereocenters. The maximum atomic E-state index is 12.1. The minimum atomic E-state index is -0.278. The van der Waals surface area contributed by atoms with Gasteiger partial charge in [-0.3, -0.25) is 9.59 Å². The van der Waals surface area contributed by atoms with E-state index in [0.29, 0.717) is 9.20 Å². The first-order valence-electron chi connectivity index (χ1n) is 7.68. The minimum Gasteiger partial charge on any atom is -0.461 e. The Kier molecular flexibility index (Phi) is 3.91. The van der Waals surface area contributed by atoms with E-state index in [2.05, 4.69) is 4.98 Å². The van der Waals surface area contributed by atoms with Crippen LogP contribution in [0.15, 0.2) is 70.1 Å². The number of benzene rings is 2. The van der Waals surface area contributed by atoms with E-state index in [1.807, 2.05) is 48.5 Å². The summed E-state index contributed by atoms with van der Waals surface area (Å²) in [5, 5.41) is 2.27. The van der Waals surface area contributed by atoms with Crippen molar-refractivity contribution in [2.24, 2.45) is 0 Å². The van der Waals surface area contributed by atoms with Crippen LogP contribution in [0.1, 0.15) is 16.1 Å². The van der Waals surface area contributed by atoms with Crippen molar-refractivity contribution in [3.05, 3.63) is 91.7 Å². The number of thiazole rings is 1. The Morgan fingerprint density at radius 3 is 2.68 bits per heavy atom. The maximum Gasteiger partial charge on any atom is 0.266 e. The highest BCUT2D eigenvalue weighted by atomic mass is 32.1. The number of furan rings is 1. The Balaban J connectivity index is 1.75. The van der Waals surface area contributed by atoms with Crippen LogP contribution >= 0.6 is 11.3 Å². The molecule has 122 valence electrons. The van der Waals surface area contributed by atoms with E-state index in [0.717, 1.165) is 16.3 Å². The van der Waals surface area contributed by atoms with Crippen molar-refractivity contribution in [1.82, 2.24) is 4.98 Å². The summed E-state index contributed by atoms with van der Waals surface area (Å²) in [6.07, 6.45) is 4.64. The number of carbonyl (C=O) groups excluding carboxylic acids is 1. The van der Waals surface area contributed by atoms with Crippen molar-refractivity contribution in [2.45, 2.75) is 0 Å². The zero-order valence-electron chi connectivity index (χ0n) is 13.1. The van der Waals surface area contributed by atoms with Gasteiger partial charge in [-0.15, -0.1) is 11.3 Å². The van der Waals surface area contributed by atoms with Crippen LogP contribution < -0.4 is 14.8 Å². The van der Waals surface area contributed by atoms with E-state index >= 15 is 0 Å². The summed E-state index contributed by atoms with van der Waals surface area (Å²) in [7, 11) is 0. The Bertz CT molecular complexity index is 1230. The van der Waals surface area contributed by atoms with Crippen molar-refractivity contribution in [1.29, 1.82) is 0 Å². The summed E-state index contributed by atoms with van der Waals surface area (Å²) >= 11 is 1.24. The third-order valence-electron chi connectivity index (χ3n) is 3.78. The van der Waals surface area contributed by atoms with Crippen LogP contribution in [0.4, 0.5) is 0 Å². The van der Waals surface area contributed by atoms with Crippen LogP contribution in [0.2, 0.25) is 0 Å². The van der Waals surface area contributed by atoms with Gasteiger partial charge in [0.15, 0.2) is 5.76 Å². The Hall–Kier alpha value is -3.18. The molecule has 0 aliphatic heterocycles. The largest absolute Gasteiger partial charge is 0.461 e. The molecule has 0 amide bonds. The average Bonchev–Trinajstić information content (AvgIpc) is 3.25. The number of rotatable bonds is 3. The monoisotopic (exact) mass is 347 g/mol. The molecular formula is C20H13NO3S. The molecule has 5 heteroatoms. The molecule has 0 saturated heterocycles. The van der Waals surface area contributed by atoms with Crippen LogP contribution in [-0.2, 0) is 0 Å². The zero-order chi connectivity index (χ0) is 17.2. The van der Waals surface area contributed by atoms with Gasteiger partial charge in [0.05, 0.1) is 15.5 Å². The predicted octanol–water partition coefficient (Wildman–Crippen LogP) is 2.67. The molecule has 4 nitrogen and oxygen atoms in total. The summed E-state index contributed by atoms with van der Waals surface area (Å²) in [5.41, 5.74) is 0.728. The van der Waals surface area contributed by atoms with Crippen LogP contribution in [0.3, 0.4) is 0 Å². The molecule has 1 N–H and O–H groups in total. The molecule has 2 heterocycles. The van der Waals surface area contributed by atoms with Gasteiger partial charge in [0.2, 0.25) is 5.78 Å². The summed E-state index contributed by atoms with van der Waals surface area (Å²) in [6, 6.07) is 17.3. The van der Waals surface area contributed by atoms with Crippen molar-refractivity contribution in [3.63, 3.8) is 0 Å². The molecule has 0 aliphatic carbocycles. The standard InChI is InChI=1S/C20H13NO3S/c22-16(17-6-3-9-24-17)12-19-21-20(23)18(25-19)11-13-7-8-14-4-1-2-5-15(14)10-13/h1-12H,(H,21,23)/b18-11+,19-12+. The van der Waals surface area contributed by atoms with Gasteiger partial charge >= 0.3 is 0 Å². The number of nitrogens with one attached hydrogen (secondary N) is 1. The predicted molar refractivity (Wildman–Crippen MR) is 99.2 cm³/mol. The van der Waals surface area contributed by atoms with Crippen LogP contribution in [-0.4, -0.2) is 10.8 Å². The van der Waals surface area contributed by atoms with E-state index in [9.17, 15) is 9.59 Å². The van der Waals surface area contributed by atoms with Gasteiger partial charge in [0.25, 0.3) is 5.56 Å². The summed E-state index contributed by atoms with van der Waals surface area (Å²) in [4.78, 5) is 26.9. The van der Waals surface area contributed by atoms with Crippen molar-refractivity contribution in [2.75, 3.05) is 0 Å². The summed E-state index contributed by atoms with van der Waals surface area (Å²) in [5.74, 6) is -0.0333. The molecule has 0 radical (unpaired) electrons. The van der Waals surface area contributed by atoms with E-state index in [-0.39, 0.29) is 17.1 Å². The number of aromatic amines is 1. The number of fused-ring (bicyclic) bond motifs is 1. The normalized spacial score (nSPS) is 12.8. The van der Waals surface area contributed by atoms with Gasteiger partial charge in [0, 0.05) is 6.08 Å². The first-order chi connectivity index (χ1) is 12.2. The van der Waals surface area contributed by atoms with Crippen molar-refractivity contribution in [3.8, 4) is 0 Å². The number of aromatic nitrogens is 1. The lowest BCUT2D eigenvalue weighted by molar-refractivity contribution is 0.103. The molecule has 2 aromatic heterocycles. The SMILES string of the molecule is O=C(/C=c1\[nH]c(=O)/c(=C\c2ccc3ccccc3c2)s1)c1ccco1. The molecular weight excluding hydrogens is 334 g/mol. The Morgan fingerprint density at radius 2 is 1.88 bits per heavy atom. The molecule has 4 rings (SSSR count). The zero-order valence-corrected chi connectivity index (χ0v) is 13.9. The number of carbonyl (C=O) groups is 1. The first-order valence-corrected chi connectivity index (χ1v) is 8.50. The molecule has 0 saturated carbocycles. The van der Waals surface area contributed by atoms with E-state index < -0.39 is 0 Å². The number of hydrogen-bond acceptors (Lipinski definition) is 4. The fourth-order valence-electron chi connectivity index (χ4n) is 2.58. The third-order valence-corrected chi connectivity index (χ3v) is 4.74. The molecule has 0 unspecified atom stereocenters. The van der Waals surface area contributed by atoms with Gasteiger partial charge in [-0.25, -0.2) is 0 Å². The topological polar surface area (TPSA) is 63.1 Å². The number of Topliss-reactive ketones (excluding diaryl/α,β-unsaturated/α-hetero) is 1. The fourth-order valence-corrected chi connectivity index (χ4v) is 3.47. The van der Waals surface area contributed by atoms with Gasteiger partial charge in [-0.1, -0.05) is 36.4 Å². The Morgan fingerprint density at radius 1 is 1.04 bits per heavy atom. The van der Waals surface area contributed by atoms with Gasteiger partial charge in [0.1, 0.15) is 0 Å². The van der Waals surface area contributed by atoms with E-state index in [1.165, 1.54) is 23.7 Å². The van der Waals surface area contributed by atoms with Crippen molar-refractivity contribution < 1.29 is 9.21 Å². The maximum absolute atomic E-state index is 12.1. The number of ketones is 1. The number of H-pyrrole nitrogens is 1. The molecule has 0 fully saturated rings. The lowest BCUT2D eigenvalue weighted by Gasteiger charge is -1.98. The second-order valence-electron chi connectivity index (χ2n) is 5.52. The second kappa shape index (κ2) is 6.37. The molecule has 2 aromatic carbocycles. The fraction of sp³-hybridized carbons (Fsp3) is 0. The van der Waals surface area contributed by atoms with Crippen molar-refractivity contribution >= 4 is 40.0 Å². The number of hydrogen-bond donors (Lipinski definition) is 1. The van der Waals surface area contributed by atoms with Gasteiger partial charge < -0.3 is 9.40 Å². The molecule has 0 aliphatic rings. The molecule has 4 aromatic rings. The lowest BCUT2D eigenvalue weighted by Crippen LogP contribution is -2.19. The minimum absolute atomic E-state index is 0.211. The third kappa shape index (κ3) is 3.22. The van der Waals surface area contributed by atoms with Crippen LogP contribution in [0, 0.1) is 0 Å². The van der Waals surface area contributed by atoms with Gasteiger partial charge in [-0.2, -0.15) is 0 Å². The van der Waals surface area contributed by atoms with Crippen LogP contribution in [0.5, 0.6) is 0 Å². The van der Waals surface area contributed by atoms with E-state index in [4.69, 9.17) is 4.42 Å². The molecule has 0 bridgehead atoms. The quantitative estimate of drug-likeness (QED) is 0.580. The highest BCUT2D eigenvalue weighted by Crippen LogP contribution is 2.15. The highest BCUT2D eigenvalue weighted by Gasteiger charge is 2.05. The Labute approximate surface area is 146 Å². The highest BCUT2D eigenvalue weighted by molar-refractivity contribution is 7.07. The van der Waals surface area contributed by atoms with E-state index in [1.54, 1.807) is 12.1 Å². The van der Waals surface area contributed by atoms with Crippen LogP contribution in [0.25, 0.3) is 22.9 Å².